The van der Waals surface area contributed by atoms with E-state index in [1.165, 1.54) is 25.8 Å². The Kier molecular flexibility index (Phi) is 18.0. The number of hydrogen-bond acceptors (Lipinski definition) is 12. The van der Waals surface area contributed by atoms with Crippen LogP contribution in [-0.2, 0) is 30.4 Å². The van der Waals surface area contributed by atoms with Crippen LogP contribution in [0.3, 0.4) is 0 Å². The number of benzene rings is 4. The van der Waals surface area contributed by atoms with Crippen molar-refractivity contribution in [3.05, 3.63) is 107 Å². The van der Waals surface area contributed by atoms with E-state index in [0.29, 0.717) is 52.6 Å². The second kappa shape index (κ2) is 23.5. The van der Waals surface area contributed by atoms with E-state index in [4.69, 9.17) is 38.3 Å². The first-order chi connectivity index (χ1) is 31.1. The average molecular weight is 913 g/mol. The van der Waals surface area contributed by atoms with Crippen LogP contribution in [0.1, 0.15) is 60.6 Å². The van der Waals surface area contributed by atoms with Crippen LogP contribution in [0.15, 0.2) is 84.9 Å². The third-order valence-electron chi connectivity index (χ3n) is 10.9. The van der Waals surface area contributed by atoms with Gasteiger partial charge in [0, 0.05) is 41.7 Å². The molecule has 65 heavy (non-hydrogen) atoms. The topological polar surface area (TPSA) is 271 Å². The van der Waals surface area contributed by atoms with Gasteiger partial charge in [0.25, 0.3) is 11.8 Å². The van der Waals surface area contributed by atoms with Gasteiger partial charge >= 0.3 is 0 Å². The summed E-state index contributed by atoms with van der Waals surface area (Å²) in [5, 5.41) is 20.9. The molecule has 1 aliphatic heterocycles. The summed E-state index contributed by atoms with van der Waals surface area (Å²) in [4.78, 5) is 83.7. The number of unbranched alkanes of at least 4 members (excludes halogenated alkanes) is 1. The molecule has 5 rings (SSSR count). The van der Waals surface area contributed by atoms with Crippen LogP contribution in [0, 0.1) is 0 Å². The number of Topliss-reactive ketones (excluding diaryl/α,β-unsaturated/α-hetero) is 1. The Hall–Kier alpha value is -6.37. The first kappa shape index (κ1) is 49.6. The van der Waals surface area contributed by atoms with Crippen LogP contribution < -0.4 is 47.9 Å². The van der Waals surface area contributed by atoms with Gasteiger partial charge in [-0.05, 0) is 110 Å². The normalized spacial score (nSPS) is 17.0. The van der Waals surface area contributed by atoms with E-state index in [-0.39, 0.29) is 56.1 Å². The average Bonchev–Trinajstić information content (AvgIpc) is 3.29. The van der Waals surface area contributed by atoms with E-state index < -0.39 is 59.9 Å². The Morgan fingerprint density at radius 2 is 1.46 bits per heavy atom. The Morgan fingerprint density at radius 1 is 0.831 bits per heavy atom. The number of likely N-dealkylation sites (N-methyl/N-ethyl adjacent to an activating group) is 1. The van der Waals surface area contributed by atoms with E-state index in [1.54, 1.807) is 72.8 Å². The third kappa shape index (κ3) is 13.1. The minimum absolute atomic E-state index is 0.0844. The molecule has 5 unspecified atom stereocenters. The van der Waals surface area contributed by atoms with Gasteiger partial charge < -0.3 is 57.9 Å². The predicted octanol–water partition coefficient (Wildman–Crippen LogP) is 2.35. The van der Waals surface area contributed by atoms with E-state index in [0.717, 1.165) is 11.1 Å². The van der Waals surface area contributed by atoms with Crippen LogP contribution >= 0.6 is 11.6 Å². The molecule has 0 saturated carbocycles. The number of nitrogens with zero attached hydrogens (tertiary/aromatic N) is 1. The Morgan fingerprint density at radius 3 is 2.09 bits per heavy atom. The summed E-state index contributed by atoms with van der Waals surface area (Å²) in [5.41, 5.74) is 21.6. The molecule has 0 radical (unpaired) electrons. The molecule has 4 aromatic carbocycles. The second-order valence-corrected chi connectivity index (χ2v) is 16.1. The maximum absolute atomic E-state index is 14.7. The van der Waals surface area contributed by atoms with Crippen molar-refractivity contribution >= 4 is 46.9 Å². The molecule has 346 valence electrons. The molecule has 5 atom stereocenters. The van der Waals surface area contributed by atoms with Crippen LogP contribution in [0.4, 0.5) is 0 Å². The highest BCUT2D eigenvalue weighted by Crippen LogP contribution is 2.40. The van der Waals surface area contributed by atoms with Gasteiger partial charge in [0.2, 0.25) is 17.7 Å². The van der Waals surface area contributed by atoms with Gasteiger partial charge in [-0.15, -0.1) is 0 Å². The molecule has 4 bridgehead atoms. The lowest BCUT2D eigenvalue weighted by molar-refractivity contribution is -0.142. The van der Waals surface area contributed by atoms with Crippen molar-refractivity contribution in [2.24, 2.45) is 17.2 Å². The van der Waals surface area contributed by atoms with E-state index in [9.17, 15) is 33.9 Å². The van der Waals surface area contributed by atoms with Crippen molar-refractivity contribution in [1.29, 1.82) is 0 Å². The zero-order valence-electron chi connectivity index (χ0n) is 36.6. The number of nitrogens with one attached hydrogen (secondary N) is 4. The number of amides is 5. The summed E-state index contributed by atoms with van der Waals surface area (Å²) in [6, 6.07) is 19.2. The number of halogens is 1. The molecule has 0 fully saturated rings. The maximum atomic E-state index is 14.7. The van der Waals surface area contributed by atoms with Crippen molar-refractivity contribution in [3.8, 4) is 33.8 Å². The number of fused-ring (bicyclic) bond motifs is 5. The highest BCUT2D eigenvalue weighted by molar-refractivity contribution is 6.30. The van der Waals surface area contributed by atoms with Crippen molar-refractivity contribution in [2.45, 2.75) is 69.9 Å². The monoisotopic (exact) mass is 912 g/mol. The van der Waals surface area contributed by atoms with Crippen molar-refractivity contribution in [3.63, 3.8) is 0 Å². The van der Waals surface area contributed by atoms with Crippen molar-refractivity contribution < 1.29 is 43.3 Å². The first-order valence-corrected chi connectivity index (χ1v) is 21.7. The van der Waals surface area contributed by atoms with Crippen LogP contribution in [0.5, 0.6) is 11.5 Å². The van der Waals surface area contributed by atoms with Gasteiger partial charge in [-0.2, -0.15) is 0 Å². The zero-order valence-corrected chi connectivity index (χ0v) is 37.4. The minimum atomic E-state index is -1.72. The van der Waals surface area contributed by atoms with Gasteiger partial charge in [0.15, 0.2) is 11.9 Å². The lowest BCUT2D eigenvalue weighted by Crippen LogP contribution is -2.60. The van der Waals surface area contributed by atoms with Gasteiger partial charge in [0.1, 0.15) is 42.8 Å². The fourth-order valence-electron chi connectivity index (χ4n) is 7.21. The number of ether oxygens (including phenoxy) is 2. The molecule has 4 aromatic rings. The van der Waals surface area contributed by atoms with Gasteiger partial charge in [0.05, 0.1) is 12.6 Å². The fourth-order valence-corrected chi connectivity index (χ4v) is 7.34. The highest BCUT2D eigenvalue weighted by Gasteiger charge is 2.36. The largest absolute Gasteiger partial charge is 0.492 e. The summed E-state index contributed by atoms with van der Waals surface area (Å²) in [5.74, 6) is -3.34. The van der Waals surface area contributed by atoms with Gasteiger partial charge in [-0.25, -0.2) is 0 Å². The van der Waals surface area contributed by atoms with Crippen LogP contribution in [0.25, 0.3) is 22.3 Å². The lowest BCUT2D eigenvalue weighted by Gasteiger charge is -2.32. The number of aliphatic hydroxyl groups is 1. The SMILES string of the molecule is CC(=O)C(C)NC(=O)C1Cc2ccc(OCCO)c(c2)-c2cc(ccc2OCCN)C(N(C)C(=O)C(CCCCN)NC(=O)c2ccc(-c3ccc(Cl)cc3)cc2)C(=O)NC(N)C(=O)N1. The summed E-state index contributed by atoms with van der Waals surface area (Å²) in [7, 11) is 1.40. The summed E-state index contributed by atoms with van der Waals surface area (Å²) < 4.78 is 12.1. The van der Waals surface area contributed by atoms with E-state index in [1.807, 2.05) is 12.1 Å². The molecule has 5 amide bonds. The van der Waals surface area contributed by atoms with Gasteiger partial charge in [-0.3, -0.25) is 28.8 Å². The van der Waals surface area contributed by atoms with Crippen LogP contribution in [0.2, 0.25) is 5.02 Å². The van der Waals surface area contributed by atoms with Gasteiger partial charge in [-0.1, -0.05) is 48.0 Å². The molecular formula is C47H57ClN8O9. The summed E-state index contributed by atoms with van der Waals surface area (Å²) in [6.45, 7) is 3.03. The first-order valence-electron chi connectivity index (χ1n) is 21.3. The Balaban J connectivity index is 1.59. The number of rotatable bonds is 18. The quantitative estimate of drug-likeness (QED) is 0.0669. The second-order valence-electron chi connectivity index (χ2n) is 15.6. The molecule has 0 aliphatic carbocycles. The zero-order chi connectivity index (χ0) is 47.2. The highest BCUT2D eigenvalue weighted by atomic mass is 35.5. The van der Waals surface area contributed by atoms with E-state index in [2.05, 4.69) is 21.3 Å². The summed E-state index contributed by atoms with van der Waals surface area (Å²) in [6.07, 6.45) is -0.620. The molecule has 1 aliphatic rings. The maximum Gasteiger partial charge on any atom is 0.258 e. The lowest BCUT2D eigenvalue weighted by atomic mass is 9.93. The Labute approximate surface area is 382 Å². The number of nitrogens with two attached hydrogens (primary N) is 3. The number of hydrogen-bond donors (Lipinski definition) is 8. The molecule has 1 heterocycles. The molecule has 18 heteroatoms. The molecular weight excluding hydrogens is 856 g/mol. The van der Waals surface area contributed by atoms with Crippen molar-refractivity contribution in [2.75, 3.05) is 40.0 Å². The number of ketones is 1. The molecule has 0 spiro atoms. The van der Waals surface area contributed by atoms with E-state index >= 15 is 0 Å². The number of carbonyl (C=O) groups excluding carboxylic acids is 6. The Bertz CT molecular complexity index is 2330. The predicted molar refractivity (Wildman–Crippen MR) is 246 cm³/mol. The molecule has 11 N–H and O–H groups in total. The smallest absolute Gasteiger partial charge is 0.258 e. The van der Waals surface area contributed by atoms with Crippen LogP contribution in [-0.4, -0.2) is 110 Å². The standard InChI is InChI=1S/C47H57ClN8O9/c1-27(28(2)58)52-44(60)38-25-29-7-17-39(65-23-21-57)35(24-29)36-26-33(14-18-40(36)64-22-20-50)41(45(61)55-42(51)46(62)54-38)56(3)47(63)37(6-4-5-19-49)53-43(59)32-10-8-30(9-11-32)31-12-15-34(48)16-13-31/h7-18,24,26-27,37-38,41-42,57H,4-6,19-23,25,49-51H2,1-3H3,(H,52,60)(H,53,59)(H,54,62)(H,55,61). The third-order valence-corrected chi connectivity index (χ3v) is 11.1. The molecule has 0 saturated heterocycles. The fraction of sp³-hybridized carbons (Fsp3) is 0.362. The molecule has 0 aromatic heterocycles. The van der Waals surface area contributed by atoms with Crippen molar-refractivity contribution in [1.82, 2.24) is 26.2 Å². The molecule has 17 nitrogen and oxygen atoms in total. The summed E-state index contributed by atoms with van der Waals surface area (Å²) >= 11 is 6.06. The number of aliphatic hydroxyl groups excluding tert-OH is 1. The minimum Gasteiger partial charge on any atom is -0.492 e. The number of carbonyl (C=O) groups is 6.